The predicted molar refractivity (Wildman–Crippen MR) is 75.9 cm³/mol. The number of methoxy groups -OCH3 is 1. The van der Waals surface area contributed by atoms with Crippen LogP contribution < -0.4 is 4.74 Å². The third kappa shape index (κ3) is 3.28. The Morgan fingerprint density at radius 1 is 1.10 bits per heavy atom. The summed E-state index contributed by atoms with van der Waals surface area (Å²) in [4.78, 5) is 12.3. The molecule has 2 rings (SSSR count). The average Bonchev–Trinajstić information content (AvgIpc) is 2.45. The quantitative estimate of drug-likeness (QED) is 0.814. The van der Waals surface area contributed by atoms with Crippen molar-refractivity contribution in [3.05, 3.63) is 59.4 Å². The van der Waals surface area contributed by atoms with Gasteiger partial charge in [0.15, 0.2) is 27.2 Å². The number of ketones is 1. The van der Waals surface area contributed by atoms with Gasteiger partial charge in [0.05, 0.1) is 12.0 Å². The highest BCUT2D eigenvalue weighted by Gasteiger charge is 2.15. The molecule has 0 radical (unpaired) electrons. The Morgan fingerprint density at radius 2 is 1.76 bits per heavy atom. The lowest BCUT2D eigenvalue weighted by molar-refractivity contribution is 0.103. The molecular formula is C15H13FO4S. The molecule has 0 heterocycles. The molecule has 110 valence electrons. The normalized spacial score (nSPS) is 11.2. The van der Waals surface area contributed by atoms with Crippen LogP contribution in [0.2, 0.25) is 0 Å². The maximum absolute atomic E-state index is 13.6. The van der Waals surface area contributed by atoms with Gasteiger partial charge in [-0.15, -0.1) is 0 Å². The zero-order valence-corrected chi connectivity index (χ0v) is 12.3. The molecule has 0 bridgehead atoms. The molecule has 0 aliphatic carbocycles. The molecule has 2 aromatic carbocycles. The molecule has 4 nitrogen and oxygen atoms in total. The summed E-state index contributed by atoms with van der Waals surface area (Å²) < 4.78 is 41.4. The number of carbonyl (C=O) groups excluding carboxylic acids is 1. The summed E-state index contributed by atoms with van der Waals surface area (Å²) >= 11 is 0. The first kappa shape index (κ1) is 15.2. The third-order valence-corrected chi connectivity index (χ3v) is 4.05. The largest absolute Gasteiger partial charge is 0.494 e. The Hall–Kier alpha value is -2.21. The molecule has 0 spiro atoms. The summed E-state index contributed by atoms with van der Waals surface area (Å²) in [6, 6.07) is 9.48. The highest BCUT2D eigenvalue weighted by atomic mass is 32.2. The third-order valence-electron chi connectivity index (χ3n) is 2.94. The summed E-state index contributed by atoms with van der Waals surface area (Å²) in [6.07, 6.45) is 1.06. The van der Waals surface area contributed by atoms with Crippen LogP contribution in [0, 0.1) is 5.82 Å². The van der Waals surface area contributed by atoms with Gasteiger partial charge in [-0.3, -0.25) is 4.79 Å². The Balaban J connectivity index is 2.43. The summed E-state index contributed by atoms with van der Waals surface area (Å²) in [5.74, 6) is -1.07. The van der Waals surface area contributed by atoms with Gasteiger partial charge in [-0.05, 0) is 30.3 Å². The maximum Gasteiger partial charge on any atom is 0.193 e. The predicted octanol–water partition coefficient (Wildman–Crippen LogP) is 2.47. The molecule has 0 unspecified atom stereocenters. The standard InChI is InChI=1S/C15H13FO4S/c1-20-14-7-6-11(9-13(14)16)15(17)10-4-3-5-12(8-10)21(2,18)19/h3-9H,1-2H3. The van der Waals surface area contributed by atoms with Crippen LogP contribution in [0.5, 0.6) is 5.75 Å². The van der Waals surface area contributed by atoms with Gasteiger partial charge in [0.25, 0.3) is 0 Å². The van der Waals surface area contributed by atoms with Gasteiger partial charge in [-0.25, -0.2) is 12.8 Å². The van der Waals surface area contributed by atoms with Crippen molar-refractivity contribution in [1.29, 1.82) is 0 Å². The average molecular weight is 308 g/mol. The van der Waals surface area contributed by atoms with Gasteiger partial charge in [0.1, 0.15) is 0 Å². The summed E-state index contributed by atoms with van der Waals surface area (Å²) in [7, 11) is -2.08. The van der Waals surface area contributed by atoms with Gasteiger partial charge in [0.2, 0.25) is 0 Å². The molecule has 0 amide bonds. The molecule has 0 fully saturated rings. The molecule has 0 aliphatic heterocycles. The summed E-state index contributed by atoms with van der Waals surface area (Å²) in [5.41, 5.74) is 0.307. The van der Waals surface area contributed by atoms with Gasteiger partial charge in [0, 0.05) is 17.4 Å². The highest BCUT2D eigenvalue weighted by molar-refractivity contribution is 7.90. The summed E-state index contributed by atoms with van der Waals surface area (Å²) in [5, 5.41) is 0. The van der Waals surface area contributed by atoms with E-state index in [2.05, 4.69) is 0 Å². The minimum Gasteiger partial charge on any atom is -0.494 e. The Morgan fingerprint density at radius 3 is 2.33 bits per heavy atom. The van der Waals surface area contributed by atoms with Crippen LogP contribution in [0.4, 0.5) is 4.39 Å². The van der Waals surface area contributed by atoms with Gasteiger partial charge < -0.3 is 4.74 Å². The van der Waals surface area contributed by atoms with Crippen LogP contribution in [0.15, 0.2) is 47.4 Å². The van der Waals surface area contributed by atoms with Crippen LogP contribution in [-0.4, -0.2) is 27.6 Å². The lowest BCUT2D eigenvalue weighted by Crippen LogP contribution is -2.05. The van der Waals surface area contributed by atoms with Gasteiger partial charge >= 0.3 is 0 Å². The minimum atomic E-state index is -3.41. The van der Waals surface area contributed by atoms with E-state index in [0.717, 1.165) is 12.3 Å². The molecule has 0 saturated heterocycles. The number of carbonyl (C=O) groups is 1. The van der Waals surface area contributed by atoms with E-state index in [0.29, 0.717) is 0 Å². The first-order valence-electron chi connectivity index (χ1n) is 6.01. The lowest BCUT2D eigenvalue weighted by atomic mass is 10.0. The van der Waals surface area contributed by atoms with Crippen molar-refractivity contribution in [2.45, 2.75) is 4.90 Å². The molecular weight excluding hydrogens is 295 g/mol. The van der Waals surface area contributed by atoms with Crippen molar-refractivity contribution in [3.63, 3.8) is 0 Å². The zero-order chi connectivity index (χ0) is 15.6. The fourth-order valence-corrected chi connectivity index (χ4v) is 2.51. The van der Waals surface area contributed by atoms with Crippen LogP contribution >= 0.6 is 0 Å². The van der Waals surface area contributed by atoms with E-state index in [1.165, 1.54) is 43.5 Å². The zero-order valence-electron chi connectivity index (χ0n) is 11.5. The first-order valence-corrected chi connectivity index (χ1v) is 7.90. The second-order valence-corrected chi connectivity index (χ2v) is 6.49. The van der Waals surface area contributed by atoms with Crippen LogP contribution in [0.25, 0.3) is 0 Å². The number of hydrogen-bond acceptors (Lipinski definition) is 4. The molecule has 2 aromatic rings. The molecule has 21 heavy (non-hydrogen) atoms. The van der Waals surface area contributed by atoms with E-state index in [9.17, 15) is 17.6 Å². The lowest BCUT2D eigenvalue weighted by Gasteiger charge is -2.06. The van der Waals surface area contributed by atoms with E-state index >= 15 is 0 Å². The molecule has 0 atom stereocenters. The van der Waals surface area contributed by atoms with E-state index in [-0.39, 0.29) is 21.8 Å². The molecule has 0 aromatic heterocycles. The van der Waals surface area contributed by atoms with Crippen LogP contribution in [0.1, 0.15) is 15.9 Å². The Kier molecular flexibility index (Phi) is 4.09. The van der Waals surface area contributed by atoms with Crippen molar-refractivity contribution < 1.29 is 22.3 Å². The molecule has 0 N–H and O–H groups in total. The topological polar surface area (TPSA) is 60.4 Å². The number of hydrogen-bond donors (Lipinski definition) is 0. The van der Waals surface area contributed by atoms with E-state index in [4.69, 9.17) is 4.74 Å². The number of sulfone groups is 1. The van der Waals surface area contributed by atoms with Gasteiger partial charge in [-0.1, -0.05) is 12.1 Å². The Labute approximate surface area is 122 Å². The Bertz CT molecular complexity index is 797. The van der Waals surface area contributed by atoms with Crippen LogP contribution in [-0.2, 0) is 9.84 Å². The minimum absolute atomic E-state index is 0.0384. The second kappa shape index (κ2) is 5.65. The number of benzene rings is 2. The fourth-order valence-electron chi connectivity index (χ4n) is 1.84. The summed E-state index contributed by atoms with van der Waals surface area (Å²) in [6.45, 7) is 0. The van der Waals surface area contributed by atoms with Gasteiger partial charge in [-0.2, -0.15) is 0 Å². The molecule has 0 aliphatic rings. The van der Waals surface area contributed by atoms with Crippen molar-refractivity contribution in [3.8, 4) is 5.75 Å². The number of rotatable bonds is 4. The monoisotopic (exact) mass is 308 g/mol. The molecule has 6 heteroatoms. The maximum atomic E-state index is 13.6. The smallest absolute Gasteiger partial charge is 0.193 e. The van der Waals surface area contributed by atoms with Crippen molar-refractivity contribution in [1.82, 2.24) is 0 Å². The first-order chi connectivity index (χ1) is 9.82. The second-order valence-electron chi connectivity index (χ2n) is 4.48. The van der Waals surface area contributed by atoms with Crippen molar-refractivity contribution in [2.24, 2.45) is 0 Å². The highest BCUT2D eigenvalue weighted by Crippen LogP contribution is 2.21. The van der Waals surface area contributed by atoms with E-state index in [1.807, 2.05) is 0 Å². The SMILES string of the molecule is COc1ccc(C(=O)c2cccc(S(C)(=O)=O)c2)cc1F. The van der Waals surface area contributed by atoms with Crippen molar-refractivity contribution >= 4 is 15.6 Å². The van der Waals surface area contributed by atoms with Crippen LogP contribution in [0.3, 0.4) is 0 Å². The van der Waals surface area contributed by atoms with Crippen molar-refractivity contribution in [2.75, 3.05) is 13.4 Å². The number of halogens is 1. The van der Waals surface area contributed by atoms with E-state index < -0.39 is 21.4 Å². The van der Waals surface area contributed by atoms with E-state index in [1.54, 1.807) is 0 Å². The number of ether oxygens (including phenoxy) is 1. The molecule has 0 saturated carbocycles. The fraction of sp³-hybridized carbons (Fsp3) is 0.133.